The first-order chi connectivity index (χ1) is 13.1. The van der Waals surface area contributed by atoms with E-state index in [2.05, 4.69) is 20.5 Å². The fraction of sp³-hybridized carbons (Fsp3) is 0.167. The van der Waals surface area contributed by atoms with Gasteiger partial charge in [0.25, 0.3) is 0 Å². The topological polar surface area (TPSA) is 116 Å². The monoisotopic (exact) mass is 382 g/mol. The SMILES string of the molecule is CCn1c(SCC(=O)Nc2ccc(C(N)=O)cc2)nnc1-c1ccccn1. The van der Waals surface area contributed by atoms with Gasteiger partial charge in [-0.15, -0.1) is 10.2 Å². The standard InChI is InChI=1S/C18H18N6O2S/c1-2-24-17(14-5-3-4-10-20-14)22-23-18(24)27-11-15(25)21-13-8-6-12(7-9-13)16(19)26/h3-10H,2,11H2,1H3,(H2,19,26)(H,21,25). The molecule has 2 heterocycles. The van der Waals surface area contributed by atoms with Crippen LogP contribution in [-0.4, -0.2) is 37.3 Å². The molecule has 0 bridgehead atoms. The maximum Gasteiger partial charge on any atom is 0.248 e. The zero-order valence-electron chi connectivity index (χ0n) is 14.6. The predicted molar refractivity (Wildman–Crippen MR) is 103 cm³/mol. The van der Waals surface area contributed by atoms with Crippen LogP contribution in [0.15, 0.2) is 53.8 Å². The molecule has 1 aromatic carbocycles. The highest BCUT2D eigenvalue weighted by molar-refractivity contribution is 7.99. The number of pyridine rings is 1. The first kappa shape index (κ1) is 18.6. The number of primary amides is 1. The molecule has 9 heteroatoms. The Bertz CT molecular complexity index is 940. The number of hydrogen-bond acceptors (Lipinski definition) is 6. The second-order valence-corrected chi connectivity index (χ2v) is 6.49. The summed E-state index contributed by atoms with van der Waals surface area (Å²) in [5.74, 6) is 0.156. The zero-order valence-corrected chi connectivity index (χ0v) is 15.4. The van der Waals surface area contributed by atoms with Crippen LogP contribution in [0.4, 0.5) is 5.69 Å². The molecule has 3 aromatic rings. The average Bonchev–Trinajstić information content (AvgIpc) is 3.10. The van der Waals surface area contributed by atoms with E-state index < -0.39 is 5.91 Å². The molecule has 27 heavy (non-hydrogen) atoms. The Labute approximate surface area is 160 Å². The van der Waals surface area contributed by atoms with Gasteiger partial charge in [0, 0.05) is 24.0 Å². The van der Waals surface area contributed by atoms with Crippen molar-refractivity contribution in [3.05, 3.63) is 54.2 Å². The fourth-order valence-corrected chi connectivity index (χ4v) is 3.21. The van der Waals surface area contributed by atoms with Crippen molar-refractivity contribution in [1.82, 2.24) is 19.7 Å². The van der Waals surface area contributed by atoms with Gasteiger partial charge < -0.3 is 15.6 Å². The highest BCUT2D eigenvalue weighted by Gasteiger charge is 2.15. The Morgan fingerprint density at radius 1 is 1.15 bits per heavy atom. The molecule has 0 radical (unpaired) electrons. The molecule has 0 spiro atoms. The summed E-state index contributed by atoms with van der Waals surface area (Å²) in [6.07, 6.45) is 1.70. The number of rotatable bonds is 7. The Morgan fingerprint density at radius 2 is 1.93 bits per heavy atom. The number of nitrogens with one attached hydrogen (secondary N) is 1. The van der Waals surface area contributed by atoms with Gasteiger partial charge in [-0.3, -0.25) is 14.6 Å². The molecule has 2 aromatic heterocycles. The van der Waals surface area contributed by atoms with Gasteiger partial charge in [0.1, 0.15) is 5.69 Å². The second kappa shape index (κ2) is 8.45. The van der Waals surface area contributed by atoms with Crippen LogP contribution in [0.5, 0.6) is 0 Å². The number of aromatic nitrogens is 4. The van der Waals surface area contributed by atoms with Crippen LogP contribution >= 0.6 is 11.8 Å². The lowest BCUT2D eigenvalue weighted by atomic mass is 10.2. The van der Waals surface area contributed by atoms with Crippen LogP contribution in [0.1, 0.15) is 17.3 Å². The van der Waals surface area contributed by atoms with Crippen molar-refractivity contribution in [2.24, 2.45) is 5.73 Å². The molecular formula is C18H18N6O2S. The first-order valence-electron chi connectivity index (χ1n) is 8.25. The van der Waals surface area contributed by atoms with E-state index >= 15 is 0 Å². The Hall–Kier alpha value is -3.20. The molecule has 0 aliphatic heterocycles. The smallest absolute Gasteiger partial charge is 0.248 e. The van der Waals surface area contributed by atoms with Crippen LogP contribution in [0, 0.1) is 0 Å². The fourth-order valence-electron chi connectivity index (χ4n) is 2.41. The maximum absolute atomic E-state index is 12.2. The van der Waals surface area contributed by atoms with Gasteiger partial charge in [-0.05, 0) is 43.3 Å². The Kier molecular flexibility index (Phi) is 5.82. The largest absolute Gasteiger partial charge is 0.366 e. The Morgan fingerprint density at radius 3 is 2.56 bits per heavy atom. The summed E-state index contributed by atoms with van der Waals surface area (Å²) in [5.41, 5.74) is 6.92. The molecule has 138 valence electrons. The summed E-state index contributed by atoms with van der Waals surface area (Å²) >= 11 is 1.30. The van der Waals surface area contributed by atoms with E-state index in [1.165, 1.54) is 11.8 Å². The van der Waals surface area contributed by atoms with E-state index in [-0.39, 0.29) is 11.7 Å². The lowest BCUT2D eigenvalue weighted by molar-refractivity contribution is -0.113. The number of thioether (sulfide) groups is 1. The molecule has 0 aliphatic rings. The quantitative estimate of drug-likeness (QED) is 0.605. The van der Waals surface area contributed by atoms with Crippen LogP contribution < -0.4 is 11.1 Å². The van der Waals surface area contributed by atoms with Crippen molar-refractivity contribution in [3.63, 3.8) is 0 Å². The molecule has 3 N–H and O–H groups in total. The number of carbonyl (C=O) groups is 2. The summed E-state index contributed by atoms with van der Waals surface area (Å²) in [5, 5.41) is 11.8. The van der Waals surface area contributed by atoms with E-state index in [4.69, 9.17) is 5.73 Å². The van der Waals surface area contributed by atoms with Crippen molar-refractivity contribution in [2.45, 2.75) is 18.6 Å². The van der Waals surface area contributed by atoms with Crippen molar-refractivity contribution >= 4 is 29.3 Å². The summed E-state index contributed by atoms with van der Waals surface area (Å²) in [6, 6.07) is 12.0. The molecule has 2 amide bonds. The van der Waals surface area contributed by atoms with Crippen molar-refractivity contribution in [2.75, 3.05) is 11.1 Å². The van der Waals surface area contributed by atoms with Crippen LogP contribution in [0.3, 0.4) is 0 Å². The van der Waals surface area contributed by atoms with Gasteiger partial charge in [0.05, 0.1) is 5.75 Å². The molecule has 0 unspecified atom stereocenters. The molecule has 3 rings (SSSR count). The minimum Gasteiger partial charge on any atom is -0.366 e. The third kappa shape index (κ3) is 4.50. The lowest BCUT2D eigenvalue weighted by Crippen LogP contribution is -2.15. The summed E-state index contributed by atoms with van der Waals surface area (Å²) in [4.78, 5) is 27.6. The number of benzene rings is 1. The third-order valence-corrected chi connectivity index (χ3v) is 4.68. The van der Waals surface area contributed by atoms with E-state index in [1.807, 2.05) is 29.7 Å². The van der Waals surface area contributed by atoms with Gasteiger partial charge in [-0.1, -0.05) is 17.8 Å². The van der Waals surface area contributed by atoms with Gasteiger partial charge in [-0.25, -0.2) is 0 Å². The lowest BCUT2D eigenvalue weighted by Gasteiger charge is -2.07. The molecule has 8 nitrogen and oxygen atoms in total. The van der Waals surface area contributed by atoms with Gasteiger partial charge in [0.15, 0.2) is 11.0 Å². The van der Waals surface area contributed by atoms with Crippen molar-refractivity contribution in [1.29, 1.82) is 0 Å². The van der Waals surface area contributed by atoms with E-state index in [1.54, 1.807) is 30.5 Å². The number of amides is 2. The van der Waals surface area contributed by atoms with Crippen molar-refractivity contribution in [3.8, 4) is 11.5 Å². The highest BCUT2D eigenvalue weighted by atomic mass is 32.2. The summed E-state index contributed by atoms with van der Waals surface area (Å²) < 4.78 is 1.92. The first-order valence-corrected chi connectivity index (χ1v) is 9.24. The molecule has 0 aliphatic carbocycles. The zero-order chi connectivity index (χ0) is 19.2. The van der Waals surface area contributed by atoms with E-state index in [0.29, 0.717) is 28.8 Å². The number of nitrogens with two attached hydrogens (primary N) is 1. The summed E-state index contributed by atoms with van der Waals surface area (Å²) in [7, 11) is 0. The Balaban J connectivity index is 1.63. The van der Waals surface area contributed by atoms with Gasteiger partial charge >= 0.3 is 0 Å². The number of carbonyl (C=O) groups excluding carboxylic acids is 2. The number of hydrogen-bond donors (Lipinski definition) is 2. The number of nitrogens with zero attached hydrogens (tertiary/aromatic N) is 4. The highest BCUT2D eigenvalue weighted by Crippen LogP contribution is 2.22. The minimum atomic E-state index is -0.508. The van der Waals surface area contributed by atoms with Crippen LogP contribution in [0.25, 0.3) is 11.5 Å². The number of anilines is 1. The van der Waals surface area contributed by atoms with Crippen LogP contribution in [0.2, 0.25) is 0 Å². The normalized spacial score (nSPS) is 10.6. The van der Waals surface area contributed by atoms with E-state index in [9.17, 15) is 9.59 Å². The third-order valence-electron chi connectivity index (χ3n) is 3.71. The molecular weight excluding hydrogens is 364 g/mol. The molecule has 0 saturated heterocycles. The molecule has 0 saturated carbocycles. The van der Waals surface area contributed by atoms with E-state index in [0.717, 1.165) is 5.69 Å². The van der Waals surface area contributed by atoms with Gasteiger partial charge in [-0.2, -0.15) is 0 Å². The summed E-state index contributed by atoms with van der Waals surface area (Å²) in [6.45, 7) is 2.65. The predicted octanol–water partition coefficient (Wildman–Crippen LogP) is 2.19. The maximum atomic E-state index is 12.2. The van der Waals surface area contributed by atoms with Crippen molar-refractivity contribution < 1.29 is 9.59 Å². The molecule has 0 atom stereocenters. The van der Waals surface area contributed by atoms with Crippen LogP contribution in [-0.2, 0) is 11.3 Å². The van der Waals surface area contributed by atoms with Gasteiger partial charge in [0.2, 0.25) is 11.8 Å². The minimum absolute atomic E-state index is 0.178. The second-order valence-electron chi connectivity index (χ2n) is 5.54. The average molecular weight is 382 g/mol. The molecule has 0 fully saturated rings.